The average molecular weight is 256 g/mol. The summed E-state index contributed by atoms with van der Waals surface area (Å²) in [5.41, 5.74) is 0. The van der Waals surface area contributed by atoms with Gasteiger partial charge < -0.3 is 10.1 Å². The first-order valence-corrected chi connectivity index (χ1v) is 6.47. The molecule has 100 valence electrons. The molecule has 1 aromatic heterocycles. The third-order valence-electron chi connectivity index (χ3n) is 3.07. The maximum atomic E-state index is 13.6. The molecule has 1 aromatic rings. The first kappa shape index (κ1) is 13.1. The lowest BCUT2D eigenvalue weighted by Crippen LogP contribution is -2.21. The van der Waals surface area contributed by atoms with E-state index in [0.717, 1.165) is 31.7 Å². The minimum absolute atomic E-state index is 0.000637. The van der Waals surface area contributed by atoms with Crippen molar-refractivity contribution in [3.63, 3.8) is 0 Å². The minimum Gasteiger partial charge on any atom is -0.472 e. The highest BCUT2D eigenvalue weighted by atomic mass is 19.1. The normalized spacial score (nSPS) is 16.6. The second-order valence-corrected chi connectivity index (χ2v) is 4.51. The Morgan fingerprint density at radius 3 is 2.67 bits per heavy atom. The van der Waals surface area contributed by atoms with Crippen molar-refractivity contribution in [1.29, 1.82) is 0 Å². The number of aromatic nitrogens is 1. The molecule has 18 heavy (non-hydrogen) atoms. The fourth-order valence-electron chi connectivity index (χ4n) is 2.16. The molecule has 0 atom stereocenters. The summed E-state index contributed by atoms with van der Waals surface area (Å²) in [7, 11) is 0. The third-order valence-corrected chi connectivity index (χ3v) is 3.07. The Labute approximate surface area is 106 Å². The van der Waals surface area contributed by atoms with Crippen LogP contribution in [0.1, 0.15) is 39.0 Å². The molecule has 0 bridgehead atoms. The second-order valence-electron chi connectivity index (χ2n) is 4.51. The molecule has 2 rings (SSSR count). The zero-order chi connectivity index (χ0) is 13.0. The topological polar surface area (TPSA) is 34.2 Å². The zero-order valence-corrected chi connectivity index (χ0v) is 10.5. The van der Waals surface area contributed by atoms with Gasteiger partial charge in [-0.2, -0.15) is 4.98 Å². The number of ether oxygens (including phenoxy) is 1. The van der Waals surface area contributed by atoms with Crippen molar-refractivity contribution >= 4 is 5.82 Å². The van der Waals surface area contributed by atoms with Gasteiger partial charge in [-0.3, -0.25) is 0 Å². The summed E-state index contributed by atoms with van der Waals surface area (Å²) in [6.45, 7) is 2.35. The van der Waals surface area contributed by atoms with E-state index in [9.17, 15) is 8.78 Å². The zero-order valence-electron chi connectivity index (χ0n) is 10.5. The van der Waals surface area contributed by atoms with Gasteiger partial charge in [-0.15, -0.1) is 0 Å². The van der Waals surface area contributed by atoms with Crippen molar-refractivity contribution in [3.8, 4) is 5.88 Å². The first-order chi connectivity index (χ1) is 8.70. The molecular formula is C13H18F2N2O. The summed E-state index contributed by atoms with van der Waals surface area (Å²) < 4.78 is 32.5. The Hall–Kier alpha value is -1.39. The van der Waals surface area contributed by atoms with Crippen molar-refractivity contribution < 1.29 is 13.5 Å². The van der Waals surface area contributed by atoms with Gasteiger partial charge >= 0.3 is 0 Å². The van der Waals surface area contributed by atoms with Crippen LogP contribution in [-0.2, 0) is 0 Å². The predicted octanol–water partition coefficient (Wildman–Crippen LogP) is 3.50. The van der Waals surface area contributed by atoms with E-state index < -0.39 is 11.6 Å². The van der Waals surface area contributed by atoms with Crippen molar-refractivity contribution in [2.45, 2.75) is 45.1 Å². The summed E-state index contributed by atoms with van der Waals surface area (Å²) in [5.74, 6) is -1.48. The van der Waals surface area contributed by atoms with Gasteiger partial charge in [-0.1, -0.05) is 6.42 Å². The van der Waals surface area contributed by atoms with Crippen molar-refractivity contribution in [3.05, 3.63) is 17.7 Å². The van der Waals surface area contributed by atoms with E-state index in [4.69, 9.17) is 4.74 Å². The number of anilines is 1. The number of halogens is 2. The van der Waals surface area contributed by atoms with Gasteiger partial charge in [0.1, 0.15) is 6.10 Å². The highest BCUT2D eigenvalue weighted by Gasteiger charge is 2.19. The van der Waals surface area contributed by atoms with Crippen molar-refractivity contribution in [1.82, 2.24) is 4.98 Å². The van der Waals surface area contributed by atoms with Crippen LogP contribution in [0.5, 0.6) is 5.88 Å². The molecule has 1 aliphatic rings. The Balaban J connectivity index is 2.12. The molecule has 0 amide bonds. The molecule has 0 saturated heterocycles. The summed E-state index contributed by atoms with van der Waals surface area (Å²) in [6, 6.07) is 0.823. The van der Waals surface area contributed by atoms with Crippen LogP contribution in [0.15, 0.2) is 6.07 Å². The van der Waals surface area contributed by atoms with Crippen LogP contribution in [-0.4, -0.2) is 17.6 Å². The fraction of sp³-hybridized carbons (Fsp3) is 0.615. The molecule has 1 heterocycles. The Bertz CT molecular complexity index is 406. The van der Waals surface area contributed by atoms with Gasteiger partial charge in [0, 0.05) is 12.6 Å². The smallest absolute Gasteiger partial charge is 0.252 e. The number of nitrogens with zero attached hydrogens (tertiary/aromatic N) is 1. The quantitative estimate of drug-likeness (QED) is 0.895. The van der Waals surface area contributed by atoms with E-state index in [1.165, 1.54) is 6.42 Å². The molecular weight excluding hydrogens is 238 g/mol. The molecule has 3 nitrogen and oxygen atoms in total. The second kappa shape index (κ2) is 5.98. The van der Waals surface area contributed by atoms with Gasteiger partial charge in [0.2, 0.25) is 0 Å². The SMILES string of the molecule is CCNc1nc(OC2CCCCC2)c(F)cc1F. The van der Waals surface area contributed by atoms with Gasteiger partial charge in [-0.05, 0) is 32.6 Å². The fourth-order valence-corrected chi connectivity index (χ4v) is 2.16. The van der Waals surface area contributed by atoms with E-state index in [1.54, 1.807) is 0 Å². The largest absolute Gasteiger partial charge is 0.472 e. The lowest BCUT2D eigenvalue weighted by molar-refractivity contribution is 0.142. The highest BCUT2D eigenvalue weighted by molar-refractivity contribution is 5.39. The lowest BCUT2D eigenvalue weighted by atomic mass is 9.98. The highest BCUT2D eigenvalue weighted by Crippen LogP contribution is 2.26. The van der Waals surface area contributed by atoms with Gasteiger partial charge in [0.25, 0.3) is 5.88 Å². The minimum atomic E-state index is -0.736. The van der Waals surface area contributed by atoms with E-state index in [2.05, 4.69) is 10.3 Å². The third kappa shape index (κ3) is 3.09. The Morgan fingerprint density at radius 2 is 2.00 bits per heavy atom. The van der Waals surface area contributed by atoms with Crippen molar-refractivity contribution in [2.24, 2.45) is 0 Å². The van der Waals surface area contributed by atoms with Crippen LogP contribution < -0.4 is 10.1 Å². The molecule has 1 N–H and O–H groups in total. The number of pyridine rings is 1. The molecule has 1 saturated carbocycles. The number of nitrogens with one attached hydrogen (secondary N) is 1. The van der Waals surface area contributed by atoms with Crippen molar-refractivity contribution in [2.75, 3.05) is 11.9 Å². The maximum absolute atomic E-state index is 13.6. The molecule has 5 heteroatoms. The van der Waals surface area contributed by atoms with E-state index in [-0.39, 0.29) is 17.8 Å². The lowest BCUT2D eigenvalue weighted by Gasteiger charge is -2.22. The van der Waals surface area contributed by atoms with Gasteiger partial charge in [-0.25, -0.2) is 8.78 Å². The summed E-state index contributed by atoms with van der Waals surface area (Å²) in [6.07, 6.45) is 5.20. The van der Waals surface area contributed by atoms with Crippen LogP contribution in [0, 0.1) is 11.6 Å². The number of hydrogen-bond acceptors (Lipinski definition) is 3. The van der Waals surface area contributed by atoms with Gasteiger partial charge in [0.05, 0.1) is 0 Å². The Morgan fingerprint density at radius 1 is 1.28 bits per heavy atom. The maximum Gasteiger partial charge on any atom is 0.252 e. The molecule has 0 aromatic carbocycles. The summed E-state index contributed by atoms with van der Waals surface area (Å²) in [4.78, 5) is 3.87. The van der Waals surface area contributed by atoms with E-state index in [1.807, 2.05) is 6.92 Å². The molecule has 1 aliphatic carbocycles. The average Bonchev–Trinajstić information content (AvgIpc) is 2.37. The summed E-state index contributed by atoms with van der Waals surface area (Å²) >= 11 is 0. The predicted molar refractivity (Wildman–Crippen MR) is 65.8 cm³/mol. The van der Waals surface area contributed by atoms with Gasteiger partial charge in [0.15, 0.2) is 17.5 Å². The monoisotopic (exact) mass is 256 g/mol. The van der Waals surface area contributed by atoms with Crippen LogP contribution in [0.2, 0.25) is 0 Å². The first-order valence-electron chi connectivity index (χ1n) is 6.47. The molecule has 0 aliphatic heterocycles. The van der Waals surface area contributed by atoms with Crippen LogP contribution in [0.4, 0.5) is 14.6 Å². The molecule has 0 spiro atoms. The van der Waals surface area contributed by atoms with Crippen LogP contribution >= 0.6 is 0 Å². The molecule has 0 radical (unpaired) electrons. The van der Waals surface area contributed by atoms with E-state index in [0.29, 0.717) is 6.54 Å². The van der Waals surface area contributed by atoms with Crippen LogP contribution in [0.25, 0.3) is 0 Å². The Kier molecular flexibility index (Phi) is 4.33. The number of rotatable bonds is 4. The summed E-state index contributed by atoms with van der Waals surface area (Å²) in [5, 5.41) is 2.75. The molecule has 1 fully saturated rings. The van der Waals surface area contributed by atoms with Crippen LogP contribution in [0.3, 0.4) is 0 Å². The molecule has 0 unspecified atom stereocenters. The number of hydrogen-bond donors (Lipinski definition) is 1. The van der Waals surface area contributed by atoms with E-state index >= 15 is 0 Å². The standard InChI is InChI=1S/C13H18F2N2O/c1-2-16-12-10(14)8-11(15)13(17-12)18-9-6-4-3-5-7-9/h8-9H,2-7H2,1H3,(H,16,17).